The Labute approximate surface area is 146 Å². The van der Waals surface area contributed by atoms with Crippen LogP contribution in [0.5, 0.6) is 5.75 Å². The second kappa shape index (κ2) is 6.07. The summed E-state index contributed by atoms with van der Waals surface area (Å²) in [5.74, 6) is -1.68. The number of benzene rings is 2. The maximum Gasteiger partial charge on any atom is 0.195 e. The number of phenolic OH excluding ortho intramolecular Hbond substituents is 1. The third kappa shape index (κ3) is 2.82. The van der Waals surface area contributed by atoms with Gasteiger partial charge in [0.15, 0.2) is 5.78 Å². The summed E-state index contributed by atoms with van der Waals surface area (Å²) >= 11 is 0. The van der Waals surface area contributed by atoms with E-state index in [0.29, 0.717) is 33.3 Å². The molecule has 0 spiro atoms. The lowest BCUT2D eigenvalue weighted by molar-refractivity contribution is 0.104. The minimum absolute atomic E-state index is 0.00950. The Kier molecular flexibility index (Phi) is 3.73. The lowest BCUT2D eigenvalue weighted by Gasteiger charge is -2.04. The van der Waals surface area contributed by atoms with Crippen LogP contribution in [-0.2, 0) is 0 Å². The first-order chi connectivity index (χ1) is 12.5. The van der Waals surface area contributed by atoms with Crippen LogP contribution < -0.4 is 0 Å². The molecular formula is C20H12F2N2O2. The van der Waals surface area contributed by atoms with Gasteiger partial charge in [0.2, 0.25) is 0 Å². The first kappa shape index (κ1) is 16.0. The van der Waals surface area contributed by atoms with Crippen LogP contribution in [0.1, 0.15) is 15.9 Å². The molecule has 0 aliphatic rings. The average Bonchev–Trinajstić information content (AvgIpc) is 3.03. The standard InChI is InChI=1S/C20H12F2N2O2/c21-14-4-12(5-15(22)8-14)13-7-17-18(10-24-20(17)23-9-13)19(26)11-2-1-3-16(25)6-11/h1-10,25H,(H,23,24). The maximum absolute atomic E-state index is 13.5. The molecule has 0 amide bonds. The van der Waals surface area contributed by atoms with Crippen molar-refractivity contribution < 1.29 is 18.7 Å². The Bertz CT molecular complexity index is 1130. The molecule has 6 heteroatoms. The molecular weight excluding hydrogens is 338 g/mol. The number of nitrogens with zero attached hydrogens (tertiary/aromatic N) is 1. The van der Waals surface area contributed by atoms with E-state index in [0.717, 1.165) is 6.07 Å². The predicted molar refractivity (Wildman–Crippen MR) is 93.0 cm³/mol. The average molecular weight is 350 g/mol. The Morgan fingerprint density at radius 3 is 2.50 bits per heavy atom. The summed E-state index contributed by atoms with van der Waals surface area (Å²) < 4.78 is 27.0. The van der Waals surface area contributed by atoms with Crippen molar-refractivity contribution in [1.29, 1.82) is 0 Å². The highest BCUT2D eigenvalue weighted by atomic mass is 19.1. The maximum atomic E-state index is 13.5. The molecule has 4 nitrogen and oxygen atoms in total. The Hall–Kier alpha value is -3.54. The number of aromatic nitrogens is 2. The highest BCUT2D eigenvalue weighted by Gasteiger charge is 2.16. The molecule has 0 aliphatic carbocycles. The molecule has 0 saturated carbocycles. The van der Waals surface area contributed by atoms with Crippen molar-refractivity contribution in [2.45, 2.75) is 0 Å². The zero-order valence-corrected chi connectivity index (χ0v) is 13.3. The molecule has 0 radical (unpaired) electrons. The molecule has 0 unspecified atom stereocenters. The van der Waals surface area contributed by atoms with Gasteiger partial charge in [-0.2, -0.15) is 0 Å². The van der Waals surface area contributed by atoms with Crippen LogP contribution in [0.4, 0.5) is 8.78 Å². The van der Waals surface area contributed by atoms with E-state index in [1.807, 2.05) is 0 Å². The highest BCUT2D eigenvalue weighted by molar-refractivity contribution is 6.16. The van der Waals surface area contributed by atoms with Crippen LogP contribution in [0.25, 0.3) is 22.2 Å². The van der Waals surface area contributed by atoms with Crippen LogP contribution in [0.15, 0.2) is 60.9 Å². The SMILES string of the molecule is O=C(c1cccc(O)c1)c1c[nH]c2ncc(-c3cc(F)cc(F)c3)cc12. The minimum atomic E-state index is -0.690. The van der Waals surface area contributed by atoms with Gasteiger partial charge in [0.25, 0.3) is 0 Å². The van der Waals surface area contributed by atoms with Gasteiger partial charge in [-0.05, 0) is 35.9 Å². The van der Waals surface area contributed by atoms with Gasteiger partial charge in [-0.15, -0.1) is 0 Å². The molecule has 2 aromatic carbocycles. The first-order valence-electron chi connectivity index (χ1n) is 7.78. The van der Waals surface area contributed by atoms with Gasteiger partial charge in [-0.3, -0.25) is 4.79 Å². The first-order valence-corrected chi connectivity index (χ1v) is 7.78. The molecule has 0 bridgehead atoms. The van der Waals surface area contributed by atoms with Crippen LogP contribution in [0.3, 0.4) is 0 Å². The zero-order valence-electron chi connectivity index (χ0n) is 13.3. The van der Waals surface area contributed by atoms with E-state index in [2.05, 4.69) is 9.97 Å². The molecule has 0 fully saturated rings. The number of fused-ring (bicyclic) bond motifs is 1. The summed E-state index contributed by atoms with van der Waals surface area (Å²) in [7, 11) is 0. The number of halogens is 2. The van der Waals surface area contributed by atoms with Crippen LogP contribution in [0, 0.1) is 11.6 Å². The lowest BCUT2D eigenvalue weighted by Crippen LogP contribution is -2.00. The van der Waals surface area contributed by atoms with E-state index >= 15 is 0 Å². The van der Waals surface area contributed by atoms with Gasteiger partial charge in [-0.25, -0.2) is 13.8 Å². The highest BCUT2D eigenvalue weighted by Crippen LogP contribution is 2.27. The number of ketones is 1. The number of nitrogens with one attached hydrogen (secondary N) is 1. The van der Waals surface area contributed by atoms with Gasteiger partial charge in [0.1, 0.15) is 23.0 Å². The number of H-pyrrole nitrogens is 1. The molecule has 4 rings (SSSR count). The summed E-state index contributed by atoms with van der Waals surface area (Å²) in [6, 6.07) is 10.9. The van der Waals surface area contributed by atoms with Crippen molar-refractivity contribution >= 4 is 16.8 Å². The number of carbonyl (C=O) groups excluding carboxylic acids is 1. The van der Waals surface area contributed by atoms with Gasteiger partial charge in [-0.1, -0.05) is 12.1 Å². The zero-order chi connectivity index (χ0) is 18.3. The second-order valence-electron chi connectivity index (χ2n) is 5.86. The summed E-state index contributed by atoms with van der Waals surface area (Å²) in [6.45, 7) is 0. The number of hydrogen-bond donors (Lipinski definition) is 2. The summed E-state index contributed by atoms with van der Waals surface area (Å²) in [5, 5.41) is 10.1. The Morgan fingerprint density at radius 2 is 1.77 bits per heavy atom. The smallest absolute Gasteiger partial charge is 0.195 e. The molecule has 4 aromatic rings. The molecule has 2 heterocycles. The van der Waals surface area contributed by atoms with Gasteiger partial charge >= 0.3 is 0 Å². The molecule has 2 N–H and O–H groups in total. The molecule has 26 heavy (non-hydrogen) atoms. The summed E-state index contributed by atoms with van der Waals surface area (Å²) in [5.41, 5.74) is 1.98. The number of rotatable bonds is 3. The van der Waals surface area contributed by atoms with Crippen LogP contribution >= 0.6 is 0 Å². The fourth-order valence-electron chi connectivity index (χ4n) is 2.87. The van der Waals surface area contributed by atoms with E-state index in [-0.39, 0.29) is 11.5 Å². The van der Waals surface area contributed by atoms with Crippen molar-refractivity contribution in [3.63, 3.8) is 0 Å². The van der Waals surface area contributed by atoms with E-state index < -0.39 is 11.6 Å². The molecule has 0 atom stereocenters. The van der Waals surface area contributed by atoms with Crippen molar-refractivity contribution in [2.24, 2.45) is 0 Å². The number of phenols is 1. The molecule has 2 aromatic heterocycles. The van der Waals surface area contributed by atoms with Crippen molar-refractivity contribution in [2.75, 3.05) is 0 Å². The van der Waals surface area contributed by atoms with Gasteiger partial charge in [0.05, 0.1) is 0 Å². The third-order valence-electron chi connectivity index (χ3n) is 4.08. The Morgan fingerprint density at radius 1 is 1.00 bits per heavy atom. The molecule has 128 valence electrons. The monoisotopic (exact) mass is 350 g/mol. The Balaban J connectivity index is 1.83. The van der Waals surface area contributed by atoms with Crippen LogP contribution in [-0.4, -0.2) is 20.9 Å². The minimum Gasteiger partial charge on any atom is -0.508 e. The van der Waals surface area contributed by atoms with Crippen molar-refractivity contribution in [1.82, 2.24) is 9.97 Å². The molecule has 0 aliphatic heterocycles. The molecule has 0 saturated heterocycles. The topological polar surface area (TPSA) is 66.0 Å². The third-order valence-corrected chi connectivity index (χ3v) is 4.08. The quantitative estimate of drug-likeness (QED) is 0.537. The fourth-order valence-corrected chi connectivity index (χ4v) is 2.87. The van der Waals surface area contributed by atoms with E-state index in [4.69, 9.17) is 0 Å². The van der Waals surface area contributed by atoms with E-state index in [1.54, 1.807) is 18.2 Å². The number of aromatic hydroxyl groups is 1. The number of hydrogen-bond acceptors (Lipinski definition) is 3. The largest absolute Gasteiger partial charge is 0.508 e. The predicted octanol–water partition coefficient (Wildman–Crippen LogP) is 4.44. The van der Waals surface area contributed by atoms with Gasteiger partial charge < -0.3 is 10.1 Å². The summed E-state index contributed by atoms with van der Waals surface area (Å²) in [6.07, 6.45) is 3.01. The fraction of sp³-hybridized carbons (Fsp3) is 0. The number of carbonyl (C=O) groups is 1. The number of pyridine rings is 1. The number of aromatic amines is 1. The second-order valence-corrected chi connectivity index (χ2v) is 5.86. The van der Waals surface area contributed by atoms with Crippen LogP contribution in [0.2, 0.25) is 0 Å². The van der Waals surface area contributed by atoms with Crippen molar-refractivity contribution in [3.05, 3.63) is 83.7 Å². The van der Waals surface area contributed by atoms with Gasteiger partial charge in [0, 0.05) is 40.5 Å². The van der Waals surface area contributed by atoms with E-state index in [9.17, 15) is 18.7 Å². The lowest BCUT2D eigenvalue weighted by atomic mass is 10.0. The summed E-state index contributed by atoms with van der Waals surface area (Å²) in [4.78, 5) is 19.9. The normalized spacial score (nSPS) is 11.0. The van der Waals surface area contributed by atoms with E-state index in [1.165, 1.54) is 36.7 Å². The van der Waals surface area contributed by atoms with Crippen molar-refractivity contribution in [3.8, 4) is 16.9 Å².